The van der Waals surface area contributed by atoms with Gasteiger partial charge in [-0.15, -0.1) is 0 Å². The molecule has 1 aromatic carbocycles. The standard InChI is InChI=1S/C19H25FN2O2.C2HF3O2/c20-15-5-3-14(4-6-15)12-22-10-9-17-16(22)7-8-18(24-17)19(23)21-11-13-1-2-13;3-2(4,5)1(6)7/h3-6,13,16-18H,1-2,7-12H2,(H,21,23);(H,6,7)/t16-,17-,18-;/m1./s1. The second-order valence-corrected chi connectivity index (χ2v) is 8.18. The van der Waals surface area contributed by atoms with E-state index in [1.165, 1.54) is 25.0 Å². The van der Waals surface area contributed by atoms with Crippen LogP contribution in [0, 0.1) is 11.7 Å². The number of ether oxygens (including phenoxy) is 1. The number of hydrogen-bond donors (Lipinski definition) is 2. The number of benzene rings is 1. The summed E-state index contributed by atoms with van der Waals surface area (Å²) in [5.74, 6) is -2.19. The number of amides is 1. The fraction of sp³-hybridized carbons (Fsp3) is 0.619. The fourth-order valence-electron chi connectivity index (χ4n) is 3.91. The van der Waals surface area contributed by atoms with E-state index in [0.717, 1.165) is 44.5 Å². The molecule has 3 atom stereocenters. The highest BCUT2D eigenvalue weighted by molar-refractivity contribution is 5.80. The van der Waals surface area contributed by atoms with E-state index in [4.69, 9.17) is 14.6 Å². The Balaban J connectivity index is 0.000000339. The predicted molar refractivity (Wildman–Crippen MR) is 103 cm³/mol. The summed E-state index contributed by atoms with van der Waals surface area (Å²) < 4.78 is 50.9. The Bertz CT molecular complexity index is 768. The average molecular weight is 446 g/mol. The van der Waals surface area contributed by atoms with E-state index in [-0.39, 0.29) is 23.9 Å². The predicted octanol–water partition coefficient (Wildman–Crippen LogP) is 3.11. The highest BCUT2D eigenvalue weighted by Gasteiger charge is 2.41. The van der Waals surface area contributed by atoms with E-state index < -0.39 is 12.1 Å². The van der Waals surface area contributed by atoms with E-state index in [0.29, 0.717) is 12.0 Å². The number of carboxylic acids is 1. The van der Waals surface area contributed by atoms with Crippen molar-refractivity contribution in [1.29, 1.82) is 0 Å². The summed E-state index contributed by atoms with van der Waals surface area (Å²) >= 11 is 0. The second kappa shape index (κ2) is 9.95. The molecule has 2 N–H and O–H groups in total. The van der Waals surface area contributed by atoms with Crippen LogP contribution in [0.3, 0.4) is 0 Å². The van der Waals surface area contributed by atoms with Crippen LogP contribution in [0.5, 0.6) is 0 Å². The van der Waals surface area contributed by atoms with E-state index in [2.05, 4.69) is 10.2 Å². The highest BCUT2D eigenvalue weighted by Crippen LogP contribution is 2.33. The molecule has 1 saturated carbocycles. The monoisotopic (exact) mass is 446 g/mol. The maximum absolute atomic E-state index is 13.0. The van der Waals surface area contributed by atoms with Crippen molar-refractivity contribution >= 4 is 11.9 Å². The van der Waals surface area contributed by atoms with Crippen LogP contribution < -0.4 is 5.32 Å². The molecule has 0 bridgehead atoms. The molecule has 3 aliphatic rings. The summed E-state index contributed by atoms with van der Waals surface area (Å²) in [6, 6.07) is 7.10. The van der Waals surface area contributed by atoms with Gasteiger partial charge in [0.1, 0.15) is 11.9 Å². The van der Waals surface area contributed by atoms with Gasteiger partial charge in [0.15, 0.2) is 0 Å². The zero-order valence-corrected chi connectivity index (χ0v) is 16.9. The lowest BCUT2D eigenvalue weighted by Crippen LogP contribution is -2.47. The number of rotatable bonds is 5. The van der Waals surface area contributed by atoms with Crippen LogP contribution in [-0.4, -0.2) is 59.4 Å². The van der Waals surface area contributed by atoms with Crippen LogP contribution in [0.4, 0.5) is 17.6 Å². The van der Waals surface area contributed by atoms with Gasteiger partial charge in [-0.05, 0) is 55.7 Å². The van der Waals surface area contributed by atoms with Crippen LogP contribution in [0.1, 0.15) is 37.7 Å². The third kappa shape index (κ3) is 6.90. The first-order valence-electron chi connectivity index (χ1n) is 10.3. The van der Waals surface area contributed by atoms with Gasteiger partial charge in [-0.25, -0.2) is 9.18 Å². The lowest BCUT2D eigenvalue weighted by atomic mass is 9.98. The lowest BCUT2D eigenvalue weighted by molar-refractivity contribution is -0.192. The van der Waals surface area contributed by atoms with Gasteiger partial charge in [-0.3, -0.25) is 9.69 Å². The molecule has 1 aliphatic carbocycles. The first-order valence-corrected chi connectivity index (χ1v) is 10.3. The van der Waals surface area contributed by atoms with Gasteiger partial charge in [0.25, 0.3) is 0 Å². The number of hydrogen-bond acceptors (Lipinski definition) is 4. The number of carbonyl (C=O) groups is 2. The minimum absolute atomic E-state index is 0.0670. The number of halogens is 4. The Labute approximate surface area is 177 Å². The number of carbonyl (C=O) groups excluding carboxylic acids is 1. The fourth-order valence-corrected chi connectivity index (χ4v) is 3.91. The number of carboxylic acid groups (broad SMARTS) is 1. The number of aliphatic carboxylic acids is 1. The Hall–Kier alpha value is -2.20. The Kier molecular flexibility index (Phi) is 7.53. The zero-order chi connectivity index (χ0) is 22.6. The molecule has 0 spiro atoms. The van der Waals surface area contributed by atoms with E-state index in [1.807, 2.05) is 12.1 Å². The van der Waals surface area contributed by atoms with Crippen LogP contribution in [0.25, 0.3) is 0 Å². The molecule has 2 heterocycles. The van der Waals surface area contributed by atoms with Crippen molar-refractivity contribution in [3.05, 3.63) is 35.6 Å². The molecular weight excluding hydrogens is 420 g/mol. The summed E-state index contributed by atoms with van der Waals surface area (Å²) in [6.45, 7) is 2.61. The van der Waals surface area contributed by atoms with Gasteiger partial charge in [-0.1, -0.05) is 12.1 Å². The van der Waals surface area contributed by atoms with E-state index >= 15 is 0 Å². The van der Waals surface area contributed by atoms with Crippen molar-refractivity contribution in [2.24, 2.45) is 5.92 Å². The summed E-state index contributed by atoms with van der Waals surface area (Å²) in [5.41, 5.74) is 1.13. The summed E-state index contributed by atoms with van der Waals surface area (Å²) in [4.78, 5) is 23.5. The van der Waals surface area contributed by atoms with Gasteiger partial charge in [0, 0.05) is 25.7 Å². The molecular formula is C21H26F4N2O4. The minimum atomic E-state index is -5.08. The summed E-state index contributed by atoms with van der Waals surface area (Å²) in [5, 5.41) is 10.2. The Morgan fingerprint density at radius 3 is 2.32 bits per heavy atom. The quantitative estimate of drug-likeness (QED) is 0.680. The smallest absolute Gasteiger partial charge is 0.475 e. The van der Waals surface area contributed by atoms with Gasteiger partial charge >= 0.3 is 12.1 Å². The van der Waals surface area contributed by atoms with Crippen LogP contribution >= 0.6 is 0 Å². The Morgan fingerprint density at radius 2 is 1.74 bits per heavy atom. The zero-order valence-electron chi connectivity index (χ0n) is 16.9. The van der Waals surface area contributed by atoms with Crippen molar-refractivity contribution in [2.75, 3.05) is 13.1 Å². The first-order chi connectivity index (χ1) is 14.6. The molecule has 3 fully saturated rings. The van der Waals surface area contributed by atoms with Gasteiger partial charge < -0.3 is 15.2 Å². The van der Waals surface area contributed by atoms with Crippen molar-refractivity contribution in [2.45, 2.75) is 63.1 Å². The first kappa shape index (κ1) is 23.5. The minimum Gasteiger partial charge on any atom is -0.475 e. The molecule has 4 rings (SSSR count). The number of fused-ring (bicyclic) bond motifs is 1. The molecule has 2 saturated heterocycles. The molecule has 1 aromatic rings. The van der Waals surface area contributed by atoms with Crippen molar-refractivity contribution in [1.82, 2.24) is 10.2 Å². The van der Waals surface area contributed by atoms with Crippen LogP contribution in [0.2, 0.25) is 0 Å². The SMILES string of the molecule is O=C(NCC1CC1)[C@H]1CC[C@@H]2[C@@H](CCN2Cc2ccc(F)cc2)O1.O=C(O)C(F)(F)F. The topological polar surface area (TPSA) is 78.9 Å². The van der Waals surface area contributed by atoms with Gasteiger partial charge in [0.05, 0.1) is 6.10 Å². The third-order valence-electron chi connectivity index (χ3n) is 5.76. The molecule has 6 nitrogen and oxygen atoms in total. The Morgan fingerprint density at radius 1 is 1.10 bits per heavy atom. The molecule has 2 aliphatic heterocycles. The van der Waals surface area contributed by atoms with Crippen LogP contribution in [0.15, 0.2) is 24.3 Å². The molecule has 0 aromatic heterocycles. The maximum Gasteiger partial charge on any atom is 0.490 e. The molecule has 31 heavy (non-hydrogen) atoms. The number of nitrogens with zero attached hydrogens (tertiary/aromatic N) is 1. The average Bonchev–Trinajstić information content (AvgIpc) is 3.47. The molecule has 0 unspecified atom stereocenters. The molecule has 172 valence electrons. The molecule has 10 heteroatoms. The van der Waals surface area contributed by atoms with Crippen LogP contribution in [-0.2, 0) is 20.9 Å². The van der Waals surface area contributed by atoms with Crippen molar-refractivity contribution in [3.8, 4) is 0 Å². The van der Waals surface area contributed by atoms with Gasteiger partial charge in [-0.2, -0.15) is 13.2 Å². The summed E-state index contributed by atoms with van der Waals surface area (Å²) in [6.07, 6.45) is 0.0269. The van der Waals surface area contributed by atoms with E-state index in [9.17, 15) is 22.4 Å². The largest absolute Gasteiger partial charge is 0.490 e. The maximum atomic E-state index is 13.0. The molecule has 1 amide bonds. The number of likely N-dealkylation sites (tertiary alicyclic amines) is 1. The number of alkyl halides is 3. The third-order valence-corrected chi connectivity index (χ3v) is 5.76. The van der Waals surface area contributed by atoms with E-state index in [1.54, 1.807) is 0 Å². The second-order valence-electron chi connectivity index (χ2n) is 8.18. The number of nitrogens with one attached hydrogen (secondary N) is 1. The van der Waals surface area contributed by atoms with Crippen molar-refractivity contribution in [3.63, 3.8) is 0 Å². The molecule has 0 radical (unpaired) electrons. The lowest BCUT2D eigenvalue weighted by Gasteiger charge is -2.35. The highest BCUT2D eigenvalue weighted by atomic mass is 19.4. The normalized spacial score (nSPS) is 25.9. The van der Waals surface area contributed by atoms with Gasteiger partial charge in [0.2, 0.25) is 5.91 Å². The van der Waals surface area contributed by atoms with Crippen molar-refractivity contribution < 1.29 is 37.0 Å². The summed E-state index contributed by atoms with van der Waals surface area (Å²) in [7, 11) is 0.